The van der Waals surface area contributed by atoms with Gasteiger partial charge in [-0.3, -0.25) is 5.01 Å². The molecule has 0 aromatic heterocycles. The summed E-state index contributed by atoms with van der Waals surface area (Å²) in [6.45, 7) is 1.93. The lowest BCUT2D eigenvalue weighted by Gasteiger charge is -2.47. The summed E-state index contributed by atoms with van der Waals surface area (Å²) in [5, 5.41) is 5.30. The molecule has 40 heavy (non-hydrogen) atoms. The predicted molar refractivity (Wildman–Crippen MR) is 146 cm³/mol. The highest BCUT2D eigenvalue weighted by Gasteiger charge is 2.37. The second-order valence-corrected chi connectivity index (χ2v) is 10.4. The summed E-state index contributed by atoms with van der Waals surface area (Å²) >= 11 is 0. The number of hydrazine groups is 1. The van der Waals surface area contributed by atoms with Crippen LogP contribution in [0.3, 0.4) is 0 Å². The van der Waals surface area contributed by atoms with Crippen LogP contribution < -0.4 is 20.5 Å². The number of alkyl halides is 3. The molecule has 1 saturated carbocycles. The van der Waals surface area contributed by atoms with E-state index in [-0.39, 0.29) is 24.9 Å². The van der Waals surface area contributed by atoms with Crippen LogP contribution in [-0.2, 0) is 15.7 Å². The fourth-order valence-corrected chi connectivity index (χ4v) is 5.91. The minimum absolute atomic E-state index is 0.0282. The molecule has 2 aromatic carbocycles. The van der Waals surface area contributed by atoms with Crippen LogP contribution in [0.5, 0.6) is 0 Å². The molecule has 2 aliphatic heterocycles. The molecule has 0 radical (unpaired) electrons. The first-order valence-electron chi connectivity index (χ1n) is 13.8. The van der Waals surface area contributed by atoms with Gasteiger partial charge >= 0.3 is 12.3 Å². The van der Waals surface area contributed by atoms with Gasteiger partial charge in [0.25, 0.3) is 0 Å². The molecule has 11 heteroatoms. The minimum Gasteiger partial charge on any atom is -0.455 e. The van der Waals surface area contributed by atoms with E-state index in [4.69, 9.17) is 9.47 Å². The van der Waals surface area contributed by atoms with Gasteiger partial charge in [-0.05, 0) is 68.6 Å². The number of rotatable bonds is 7. The molecule has 5 rings (SSSR count). The van der Waals surface area contributed by atoms with E-state index in [0.29, 0.717) is 11.6 Å². The first-order chi connectivity index (χ1) is 19.3. The fourth-order valence-electron chi connectivity index (χ4n) is 5.91. The molecule has 0 spiro atoms. The lowest BCUT2D eigenvalue weighted by Crippen LogP contribution is -2.60. The number of hydrogen-bond acceptors (Lipinski definition) is 7. The van der Waals surface area contributed by atoms with Gasteiger partial charge in [0.1, 0.15) is 0 Å². The predicted octanol–water partition coefficient (Wildman–Crippen LogP) is 5.44. The summed E-state index contributed by atoms with van der Waals surface area (Å²) in [7, 11) is 1.33. The van der Waals surface area contributed by atoms with Crippen molar-refractivity contribution >= 4 is 17.5 Å². The maximum Gasteiger partial charge on any atom is 0.421 e. The summed E-state index contributed by atoms with van der Waals surface area (Å²) in [6.07, 6.45) is 2.71. The van der Waals surface area contributed by atoms with Crippen LogP contribution in [0.4, 0.5) is 29.3 Å². The third-order valence-electron chi connectivity index (χ3n) is 7.79. The lowest BCUT2D eigenvalue weighted by molar-refractivity contribution is -0.137. The minimum atomic E-state index is -4.37. The van der Waals surface area contributed by atoms with Crippen molar-refractivity contribution in [1.29, 1.82) is 0 Å². The number of halogens is 3. The van der Waals surface area contributed by atoms with Crippen LogP contribution in [0, 0.1) is 0 Å². The van der Waals surface area contributed by atoms with Crippen LogP contribution in [0.25, 0.3) is 0 Å². The van der Waals surface area contributed by atoms with Crippen LogP contribution >= 0.6 is 0 Å². The smallest absolute Gasteiger partial charge is 0.421 e. The Morgan fingerprint density at radius 3 is 2.45 bits per heavy atom. The molecular weight excluding hydrogens is 523 g/mol. The summed E-state index contributed by atoms with van der Waals surface area (Å²) in [5.41, 5.74) is 4.38. The number of benzene rings is 2. The number of para-hydroxylation sites is 1. The van der Waals surface area contributed by atoms with Crippen molar-refractivity contribution in [3.8, 4) is 0 Å². The van der Waals surface area contributed by atoms with Crippen molar-refractivity contribution in [3.63, 3.8) is 0 Å². The molecule has 3 aliphatic rings. The van der Waals surface area contributed by atoms with E-state index >= 15 is 0 Å². The number of hydrogen-bond donors (Lipinski definition) is 2. The largest absolute Gasteiger partial charge is 0.455 e. The summed E-state index contributed by atoms with van der Waals surface area (Å²) < 4.78 is 50.8. The monoisotopic (exact) mass is 559 g/mol. The second kappa shape index (κ2) is 12.4. The second-order valence-electron chi connectivity index (χ2n) is 10.4. The number of nitrogens with zero attached hydrogens (tertiary/aromatic N) is 3. The van der Waals surface area contributed by atoms with Crippen molar-refractivity contribution in [2.24, 2.45) is 0 Å². The standard InChI is InChI=1S/C29H36F3N5O3/c1-39-28(38)37(22-8-3-2-4-9-22)27-19-35(20-40-27)34-25-11-5-6-12-26(25)36(24-10-7-17-33-18-24)23-15-13-21(14-16-23)29(30,31)32/h2-4,8-9,13-16,19,24-26,33-34H,5-7,10-12,17-18,20H2,1H3/t24?,25?,26-/m0/s1. The average molecular weight is 560 g/mol. The number of carbonyl (C=O) groups excluding carboxylic acids is 1. The van der Waals surface area contributed by atoms with E-state index in [9.17, 15) is 18.0 Å². The van der Waals surface area contributed by atoms with Crippen molar-refractivity contribution in [3.05, 3.63) is 72.2 Å². The van der Waals surface area contributed by atoms with Crippen LogP contribution in [0.1, 0.15) is 44.1 Å². The van der Waals surface area contributed by atoms with Crippen molar-refractivity contribution in [2.75, 3.05) is 36.7 Å². The molecule has 216 valence electrons. The SMILES string of the molecule is COC(=O)N(C1=CN(NC2CCCC[C@@H]2N(c2ccc(C(F)(F)F)cc2)C2CCCNC2)CO1)c1ccccc1. The Morgan fingerprint density at radius 2 is 1.77 bits per heavy atom. The molecule has 2 unspecified atom stereocenters. The van der Waals surface area contributed by atoms with Crippen LogP contribution in [-0.4, -0.2) is 56.2 Å². The summed E-state index contributed by atoms with van der Waals surface area (Å²) in [6, 6.07) is 15.0. The topological polar surface area (TPSA) is 69.3 Å². The van der Waals surface area contributed by atoms with Gasteiger partial charge in [-0.1, -0.05) is 31.0 Å². The number of ether oxygens (including phenoxy) is 2. The van der Waals surface area contributed by atoms with Gasteiger partial charge in [-0.15, -0.1) is 0 Å². The fraction of sp³-hybridized carbons (Fsp3) is 0.483. The Labute approximate surface area is 232 Å². The molecule has 3 atom stereocenters. The number of piperidine rings is 1. The Hall–Kier alpha value is -3.44. The molecule has 2 heterocycles. The highest BCUT2D eigenvalue weighted by molar-refractivity contribution is 5.90. The summed E-state index contributed by atoms with van der Waals surface area (Å²) in [4.78, 5) is 16.3. The maximum absolute atomic E-state index is 13.3. The van der Waals surface area contributed by atoms with Gasteiger partial charge in [0.05, 0.1) is 24.6 Å². The molecular formula is C29H36F3N5O3. The zero-order chi connectivity index (χ0) is 28.1. The van der Waals surface area contributed by atoms with Gasteiger partial charge in [-0.25, -0.2) is 15.1 Å². The van der Waals surface area contributed by atoms with E-state index in [0.717, 1.165) is 57.3 Å². The Balaban J connectivity index is 1.38. The van der Waals surface area contributed by atoms with Crippen LogP contribution in [0.2, 0.25) is 0 Å². The van der Waals surface area contributed by atoms with Gasteiger partial charge in [0, 0.05) is 30.4 Å². The maximum atomic E-state index is 13.3. The van der Waals surface area contributed by atoms with E-state index in [2.05, 4.69) is 15.6 Å². The Kier molecular flexibility index (Phi) is 8.70. The highest BCUT2D eigenvalue weighted by Crippen LogP contribution is 2.35. The van der Waals surface area contributed by atoms with Crippen LogP contribution in [0.15, 0.2) is 66.7 Å². The van der Waals surface area contributed by atoms with Gasteiger partial charge < -0.3 is 19.7 Å². The third kappa shape index (κ3) is 6.31. The zero-order valence-corrected chi connectivity index (χ0v) is 22.6. The van der Waals surface area contributed by atoms with Gasteiger partial charge in [-0.2, -0.15) is 13.2 Å². The van der Waals surface area contributed by atoms with Crippen molar-refractivity contribution in [1.82, 2.24) is 15.8 Å². The number of carbonyl (C=O) groups is 1. The Morgan fingerprint density at radius 1 is 1.02 bits per heavy atom. The average Bonchev–Trinajstić information content (AvgIpc) is 3.43. The van der Waals surface area contributed by atoms with Gasteiger partial charge in [0.15, 0.2) is 6.73 Å². The zero-order valence-electron chi connectivity index (χ0n) is 22.6. The molecule has 1 aliphatic carbocycles. The van der Waals surface area contributed by atoms with Gasteiger partial charge in [0.2, 0.25) is 5.88 Å². The van der Waals surface area contributed by atoms with E-state index in [1.54, 1.807) is 30.5 Å². The molecule has 2 N–H and O–H groups in total. The first kappa shape index (κ1) is 28.1. The highest BCUT2D eigenvalue weighted by atomic mass is 19.4. The number of amides is 1. The quantitative estimate of drug-likeness (QED) is 0.468. The molecule has 0 bridgehead atoms. The lowest BCUT2D eigenvalue weighted by atomic mass is 9.87. The number of methoxy groups -OCH3 is 1. The normalized spacial score (nSPS) is 23.2. The van der Waals surface area contributed by atoms with Crippen molar-refractivity contribution in [2.45, 2.75) is 62.8 Å². The Bertz CT molecular complexity index is 1160. The molecule has 1 saturated heterocycles. The molecule has 2 aromatic rings. The third-order valence-corrected chi connectivity index (χ3v) is 7.79. The van der Waals surface area contributed by atoms with E-state index in [1.165, 1.54) is 24.1 Å². The van der Waals surface area contributed by atoms with E-state index in [1.807, 2.05) is 23.2 Å². The first-order valence-corrected chi connectivity index (χ1v) is 13.8. The molecule has 1 amide bonds. The van der Waals surface area contributed by atoms with E-state index < -0.39 is 17.8 Å². The van der Waals surface area contributed by atoms with Crippen molar-refractivity contribution < 1.29 is 27.4 Å². The number of anilines is 2. The number of nitrogens with one attached hydrogen (secondary N) is 2. The molecule has 8 nitrogen and oxygen atoms in total. The summed E-state index contributed by atoms with van der Waals surface area (Å²) in [5.74, 6) is 0.342. The molecule has 2 fully saturated rings.